The number of ether oxygens (including phenoxy) is 1. The quantitative estimate of drug-likeness (QED) is 0.460. The number of aromatic hydroxyl groups is 1. The number of benzene rings is 2. The molecule has 2 aromatic carbocycles. The molecule has 0 bridgehead atoms. The van der Waals surface area contributed by atoms with Crippen molar-refractivity contribution in [3.63, 3.8) is 0 Å². The van der Waals surface area contributed by atoms with Gasteiger partial charge in [0.15, 0.2) is 11.5 Å². The van der Waals surface area contributed by atoms with E-state index in [1.165, 1.54) is 13.3 Å². The zero-order chi connectivity index (χ0) is 19.8. The molecule has 0 aromatic heterocycles. The molecule has 0 saturated carbocycles. The van der Waals surface area contributed by atoms with E-state index in [9.17, 15) is 14.7 Å². The first-order valence-electron chi connectivity index (χ1n) is 8.14. The minimum atomic E-state index is -0.380. The van der Waals surface area contributed by atoms with Gasteiger partial charge in [0.05, 0.1) is 17.8 Å². The molecule has 7 nitrogen and oxygen atoms in total. The number of hydrogen-bond acceptors (Lipinski definition) is 5. The molecule has 2 aromatic rings. The summed E-state index contributed by atoms with van der Waals surface area (Å²) in [5.74, 6) is -0.358. The van der Waals surface area contributed by atoms with Crippen molar-refractivity contribution >= 4 is 39.6 Å². The second-order valence-electron chi connectivity index (χ2n) is 5.76. The molecule has 0 heterocycles. The lowest BCUT2D eigenvalue weighted by Crippen LogP contribution is -2.20. The van der Waals surface area contributed by atoms with E-state index < -0.39 is 0 Å². The van der Waals surface area contributed by atoms with Crippen LogP contribution >= 0.6 is 15.9 Å². The van der Waals surface area contributed by atoms with Crippen LogP contribution in [-0.2, 0) is 9.59 Å². The molecular weight excluding hydrogens is 414 g/mol. The average Bonchev–Trinajstić information content (AvgIpc) is 2.64. The van der Waals surface area contributed by atoms with Crippen molar-refractivity contribution in [1.29, 1.82) is 0 Å². The first-order chi connectivity index (χ1) is 12.9. The molecule has 142 valence electrons. The third kappa shape index (κ3) is 6.41. The van der Waals surface area contributed by atoms with E-state index in [4.69, 9.17) is 4.74 Å². The molecule has 0 radical (unpaired) electrons. The number of nitrogens with one attached hydrogen (secondary N) is 2. The molecule has 0 aliphatic rings. The molecular formula is C19H20BrN3O4. The number of nitrogens with zero attached hydrogens (tertiary/aromatic N) is 1. The molecule has 0 unspecified atom stereocenters. The van der Waals surface area contributed by atoms with E-state index in [1.54, 1.807) is 12.1 Å². The van der Waals surface area contributed by atoms with Crippen LogP contribution in [0, 0.1) is 6.92 Å². The molecule has 0 atom stereocenters. The summed E-state index contributed by atoms with van der Waals surface area (Å²) in [4.78, 5) is 23.7. The van der Waals surface area contributed by atoms with Gasteiger partial charge >= 0.3 is 0 Å². The zero-order valence-electron chi connectivity index (χ0n) is 15.0. The third-order valence-electron chi connectivity index (χ3n) is 3.59. The summed E-state index contributed by atoms with van der Waals surface area (Å²) in [6, 6.07) is 10.6. The first kappa shape index (κ1) is 20.4. The monoisotopic (exact) mass is 433 g/mol. The highest BCUT2D eigenvalue weighted by atomic mass is 79.9. The summed E-state index contributed by atoms with van der Waals surface area (Å²) in [6.45, 7) is 1.96. The van der Waals surface area contributed by atoms with E-state index in [0.29, 0.717) is 15.7 Å². The lowest BCUT2D eigenvalue weighted by Gasteiger charge is -2.06. The lowest BCUT2D eigenvalue weighted by atomic mass is 10.2. The molecule has 0 saturated heterocycles. The van der Waals surface area contributed by atoms with Crippen LogP contribution in [0.15, 0.2) is 46.0 Å². The predicted molar refractivity (Wildman–Crippen MR) is 107 cm³/mol. The summed E-state index contributed by atoms with van der Waals surface area (Å²) < 4.78 is 5.49. The highest BCUT2D eigenvalue weighted by Crippen LogP contribution is 2.34. The molecule has 3 N–H and O–H groups in total. The second-order valence-corrected chi connectivity index (χ2v) is 6.62. The van der Waals surface area contributed by atoms with E-state index in [1.807, 2.05) is 31.2 Å². The topological polar surface area (TPSA) is 100 Å². The highest BCUT2D eigenvalue weighted by molar-refractivity contribution is 9.10. The molecule has 27 heavy (non-hydrogen) atoms. The van der Waals surface area contributed by atoms with Crippen LogP contribution in [0.1, 0.15) is 24.0 Å². The number of halogens is 1. The van der Waals surface area contributed by atoms with Gasteiger partial charge in [-0.3, -0.25) is 9.59 Å². The minimum Gasteiger partial charge on any atom is -0.503 e. The van der Waals surface area contributed by atoms with Gasteiger partial charge in [-0.15, -0.1) is 0 Å². The first-order valence-corrected chi connectivity index (χ1v) is 8.93. The number of anilines is 1. The minimum absolute atomic E-state index is 0.0115. The molecule has 2 amide bonds. The van der Waals surface area contributed by atoms with Crippen LogP contribution in [0.2, 0.25) is 0 Å². The number of carbonyl (C=O) groups is 2. The lowest BCUT2D eigenvalue weighted by molar-refractivity contribution is -0.124. The molecule has 8 heteroatoms. The van der Waals surface area contributed by atoms with Gasteiger partial charge in [0, 0.05) is 18.5 Å². The summed E-state index contributed by atoms with van der Waals surface area (Å²) >= 11 is 3.21. The SMILES string of the molecule is COc1cc(/C=N/NC(=O)CCC(=O)Nc2ccc(C)cc2)cc(Br)c1O. The number of aryl methyl sites for hydroxylation is 1. The maximum absolute atomic E-state index is 11.9. The van der Waals surface area contributed by atoms with Gasteiger partial charge in [0.2, 0.25) is 11.8 Å². The van der Waals surface area contributed by atoms with Gasteiger partial charge in [0.1, 0.15) is 0 Å². The largest absolute Gasteiger partial charge is 0.503 e. The van der Waals surface area contributed by atoms with Crippen LogP contribution in [-0.4, -0.2) is 30.2 Å². The Morgan fingerprint density at radius 2 is 1.85 bits per heavy atom. The standard InChI is InChI=1S/C19H20BrN3O4/c1-12-3-5-14(6-4-12)22-17(24)7-8-18(25)23-21-11-13-9-15(20)19(26)16(10-13)27-2/h3-6,9-11,26H,7-8H2,1-2H3,(H,22,24)(H,23,25)/b21-11+. The number of rotatable bonds is 7. The van der Waals surface area contributed by atoms with E-state index >= 15 is 0 Å². The third-order valence-corrected chi connectivity index (χ3v) is 4.19. The number of carbonyl (C=O) groups excluding carboxylic acids is 2. The summed E-state index contributed by atoms with van der Waals surface area (Å²) in [6.07, 6.45) is 1.47. The van der Waals surface area contributed by atoms with Gasteiger partial charge in [-0.05, 0) is 52.7 Å². The fourth-order valence-electron chi connectivity index (χ4n) is 2.15. The molecule has 2 rings (SSSR count). The van der Waals surface area contributed by atoms with E-state index in [-0.39, 0.29) is 36.2 Å². The Hall–Kier alpha value is -2.87. The number of phenolic OH excluding ortho intramolecular Hbond substituents is 1. The summed E-state index contributed by atoms with van der Waals surface area (Å²) in [7, 11) is 1.44. The van der Waals surface area contributed by atoms with Crippen molar-refractivity contribution < 1.29 is 19.4 Å². The highest BCUT2D eigenvalue weighted by Gasteiger charge is 2.08. The van der Waals surface area contributed by atoms with E-state index in [0.717, 1.165) is 5.56 Å². The van der Waals surface area contributed by atoms with Crippen LogP contribution in [0.5, 0.6) is 11.5 Å². The Kier molecular flexibility index (Phi) is 7.36. The van der Waals surface area contributed by atoms with E-state index in [2.05, 4.69) is 31.8 Å². The molecule has 0 aliphatic heterocycles. The van der Waals surface area contributed by atoms with Crippen LogP contribution in [0.4, 0.5) is 5.69 Å². The number of phenols is 1. The predicted octanol–water partition coefficient (Wildman–Crippen LogP) is 3.34. The second kappa shape index (κ2) is 9.72. The fourth-order valence-corrected chi connectivity index (χ4v) is 2.61. The van der Waals surface area contributed by atoms with Crippen LogP contribution in [0.25, 0.3) is 0 Å². The van der Waals surface area contributed by atoms with Crippen LogP contribution < -0.4 is 15.5 Å². The Morgan fingerprint density at radius 1 is 1.19 bits per heavy atom. The molecule has 0 spiro atoms. The Balaban J connectivity index is 1.80. The normalized spacial score (nSPS) is 10.6. The van der Waals surface area contributed by atoms with Gasteiger partial charge in [-0.25, -0.2) is 5.43 Å². The van der Waals surface area contributed by atoms with Gasteiger partial charge in [-0.2, -0.15) is 5.10 Å². The maximum atomic E-state index is 11.9. The summed E-state index contributed by atoms with van der Waals surface area (Å²) in [5.41, 5.74) is 4.77. The Labute approximate surface area is 165 Å². The van der Waals surface area contributed by atoms with Crippen molar-refractivity contribution in [1.82, 2.24) is 5.43 Å². The Morgan fingerprint density at radius 3 is 2.52 bits per heavy atom. The van der Waals surface area contributed by atoms with Crippen molar-refractivity contribution in [3.05, 3.63) is 52.0 Å². The van der Waals surface area contributed by atoms with Crippen molar-refractivity contribution in [2.45, 2.75) is 19.8 Å². The Bertz CT molecular complexity index is 851. The summed E-state index contributed by atoms with van der Waals surface area (Å²) in [5, 5.41) is 16.3. The van der Waals surface area contributed by atoms with Gasteiger partial charge < -0.3 is 15.2 Å². The zero-order valence-corrected chi connectivity index (χ0v) is 16.5. The maximum Gasteiger partial charge on any atom is 0.240 e. The van der Waals surface area contributed by atoms with Crippen molar-refractivity contribution in [2.75, 3.05) is 12.4 Å². The smallest absolute Gasteiger partial charge is 0.240 e. The van der Waals surface area contributed by atoms with Gasteiger partial charge in [-0.1, -0.05) is 17.7 Å². The molecule has 0 aliphatic carbocycles. The number of methoxy groups -OCH3 is 1. The fraction of sp³-hybridized carbons (Fsp3) is 0.211. The van der Waals surface area contributed by atoms with Gasteiger partial charge in [0.25, 0.3) is 0 Å². The molecule has 0 fully saturated rings. The number of amides is 2. The average molecular weight is 434 g/mol. The number of hydrogen-bond donors (Lipinski definition) is 3. The number of hydrazone groups is 1. The van der Waals surface area contributed by atoms with Crippen molar-refractivity contribution in [3.8, 4) is 11.5 Å². The van der Waals surface area contributed by atoms with Crippen LogP contribution in [0.3, 0.4) is 0 Å². The van der Waals surface area contributed by atoms with Crippen molar-refractivity contribution in [2.24, 2.45) is 5.10 Å².